The van der Waals surface area contributed by atoms with Crippen molar-refractivity contribution in [3.8, 4) is 0 Å². The molecule has 0 aromatic carbocycles. The zero-order valence-corrected chi connectivity index (χ0v) is 13.8. The van der Waals surface area contributed by atoms with E-state index in [4.69, 9.17) is 0 Å². The molecule has 2 amide bonds. The maximum Gasteiger partial charge on any atom is 0.247 e. The Labute approximate surface area is 133 Å². The van der Waals surface area contributed by atoms with Crippen LogP contribution in [0.4, 0.5) is 0 Å². The molecule has 0 saturated carbocycles. The van der Waals surface area contributed by atoms with E-state index in [0.717, 1.165) is 56.1 Å². The molecule has 4 heteroatoms. The minimum absolute atomic E-state index is 0.0000435. The van der Waals surface area contributed by atoms with Crippen LogP contribution in [0, 0.1) is 5.92 Å². The summed E-state index contributed by atoms with van der Waals surface area (Å²) in [6.07, 6.45) is 10.8. The standard InChI is InChI=1S/C18H28N2O2/c1-13(2)11-16(20-18(22)15-9-5-6-10-15)12-19-17(21)14-7-3-4-8-14/h7,9,13,16H,3-6,8,10-12H2,1-2H3,(H,19,21)(H,20,22)/t16-/m0/s1. The zero-order chi connectivity index (χ0) is 15.9. The van der Waals surface area contributed by atoms with Crippen molar-refractivity contribution in [1.29, 1.82) is 0 Å². The van der Waals surface area contributed by atoms with Crippen LogP contribution in [0.3, 0.4) is 0 Å². The normalized spacial score (nSPS) is 18.9. The van der Waals surface area contributed by atoms with Crippen molar-refractivity contribution in [2.24, 2.45) is 5.92 Å². The largest absolute Gasteiger partial charge is 0.350 e. The summed E-state index contributed by atoms with van der Waals surface area (Å²) < 4.78 is 0. The smallest absolute Gasteiger partial charge is 0.247 e. The Hall–Kier alpha value is -1.58. The Balaban J connectivity index is 1.85. The fraction of sp³-hybridized carbons (Fsp3) is 0.667. The van der Waals surface area contributed by atoms with E-state index in [1.165, 1.54) is 0 Å². The number of rotatable bonds is 7. The Kier molecular flexibility index (Phi) is 6.22. The van der Waals surface area contributed by atoms with Crippen LogP contribution in [-0.2, 0) is 9.59 Å². The van der Waals surface area contributed by atoms with Crippen LogP contribution in [0.2, 0.25) is 0 Å². The molecule has 0 aromatic heterocycles. The highest BCUT2D eigenvalue weighted by Crippen LogP contribution is 2.19. The van der Waals surface area contributed by atoms with E-state index in [9.17, 15) is 9.59 Å². The van der Waals surface area contributed by atoms with Gasteiger partial charge in [0.1, 0.15) is 0 Å². The Morgan fingerprint density at radius 3 is 2.14 bits per heavy atom. The summed E-state index contributed by atoms with van der Waals surface area (Å²) in [4.78, 5) is 24.3. The fourth-order valence-corrected chi connectivity index (χ4v) is 3.12. The summed E-state index contributed by atoms with van der Waals surface area (Å²) in [5.74, 6) is 0.545. The van der Waals surface area contributed by atoms with E-state index in [1.54, 1.807) is 0 Å². The number of nitrogens with one attached hydrogen (secondary N) is 2. The molecule has 2 N–H and O–H groups in total. The van der Waals surface area contributed by atoms with Gasteiger partial charge in [-0.25, -0.2) is 0 Å². The van der Waals surface area contributed by atoms with Gasteiger partial charge in [-0.3, -0.25) is 9.59 Å². The lowest BCUT2D eigenvalue weighted by molar-refractivity contribution is -0.120. The van der Waals surface area contributed by atoms with Gasteiger partial charge in [0.2, 0.25) is 11.8 Å². The van der Waals surface area contributed by atoms with E-state index in [1.807, 2.05) is 12.2 Å². The molecule has 0 aliphatic heterocycles. The molecule has 0 heterocycles. The van der Waals surface area contributed by atoms with Crippen molar-refractivity contribution >= 4 is 11.8 Å². The van der Waals surface area contributed by atoms with Gasteiger partial charge in [-0.1, -0.05) is 26.0 Å². The summed E-state index contributed by atoms with van der Waals surface area (Å²) in [6.45, 7) is 4.78. The lowest BCUT2D eigenvalue weighted by Crippen LogP contribution is -2.45. The average Bonchev–Trinajstić information content (AvgIpc) is 3.15. The van der Waals surface area contributed by atoms with Gasteiger partial charge in [0.05, 0.1) is 0 Å². The van der Waals surface area contributed by atoms with E-state index >= 15 is 0 Å². The molecule has 1 atom stereocenters. The number of hydrogen-bond acceptors (Lipinski definition) is 2. The second kappa shape index (κ2) is 8.16. The molecule has 0 unspecified atom stereocenters. The molecule has 2 rings (SSSR count). The highest BCUT2D eigenvalue weighted by atomic mass is 16.2. The molecule has 0 aromatic rings. The average molecular weight is 304 g/mol. The summed E-state index contributed by atoms with van der Waals surface area (Å²) in [6, 6.07) is -0.0000435. The van der Waals surface area contributed by atoms with Crippen LogP contribution in [0.1, 0.15) is 58.8 Å². The molecule has 0 bridgehead atoms. The summed E-state index contributed by atoms with van der Waals surface area (Å²) in [7, 11) is 0. The van der Waals surface area contributed by atoms with E-state index in [-0.39, 0.29) is 17.9 Å². The monoisotopic (exact) mass is 304 g/mol. The van der Waals surface area contributed by atoms with Crippen molar-refractivity contribution in [3.05, 3.63) is 23.3 Å². The third-order valence-electron chi connectivity index (χ3n) is 4.27. The Bertz CT molecular complexity index is 477. The van der Waals surface area contributed by atoms with Crippen molar-refractivity contribution in [1.82, 2.24) is 10.6 Å². The third kappa shape index (κ3) is 5.00. The predicted octanol–water partition coefficient (Wildman–Crippen LogP) is 2.85. The van der Waals surface area contributed by atoms with Crippen LogP contribution in [-0.4, -0.2) is 24.4 Å². The number of hydrogen-bond donors (Lipinski definition) is 2. The predicted molar refractivity (Wildman–Crippen MR) is 88.3 cm³/mol. The minimum atomic E-state index is -0.0000435. The maximum atomic E-state index is 12.2. The fourth-order valence-electron chi connectivity index (χ4n) is 3.12. The second-order valence-corrected chi connectivity index (χ2v) is 6.75. The molecule has 0 saturated heterocycles. The topological polar surface area (TPSA) is 58.2 Å². The van der Waals surface area contributed by atoms with Gasteiger partial charge in [-0.05, 0) is 50.9 Å². The van der Waals surface area contributed by atoms with Gasteiger partial charge < -0.3 is 10.6 Å². The van der Waals surface area contributed by atoms with Crippen LogP contribution >= 0.6 is 0 Å². The van der Waals surface area contributed by atoms with Gasteiger partial charge in [0.25, 0.3) is 0 Å². The van der Waals surface area contributed by atoms with Crippen molar-refractivity contribution in [2.75, 3.05) is 6.54 Å². The Morgan fingerprint density at radius 2 is 1.64 bits per heavy atom. The van der Waals surface area contributed by atoms with Crippen LogP contribution in [0.5, 0.6) is 0 Å². The first kappa shape index (κ1) is 16.8. The second-order valence-electron chi connectivity index (χ2n) is 6.75. The summed E-state index contributed by atoms with van der Waals surface area (Å²) in [5.41, 5.74) is 1.80. The number of carbonyl (C=O) groups is 2. The first-order chi connectivity index (χ1) is 10.6. The highest BCUT2D eigenvalue weighted by molar-refractivity contribution is 5.95. The number of amides is 2. The van der Waals surface area contributed by atoms with E-state index in [0.29, 0.717) is 12.5 Å². The van der Waals surface area contributed by atoms with E-state index < -0.39 is 0 Å². The van der Waals surface area contributed by atoms with Crippen molar-refractivity contribution in [3.63, 3.8) is 0 Å². The molecular weight excluding hydrogens is 276 g/mol. The molecule has 22 heavy (non-hydrogen) atoms. The molecule has 0 fully saturated rings. The first-order valence-corrected chi connectivity index (χ1v) is 8.53. The molecular formula is C18H28N2O2. The zero-order valence-electron chi connectivity index (χ0n) is 13.8. The summed E-state index contributed by atoms with van der Waals surface area (Å²) >= 11 is 0. The van der Waals surface area contributed by atoms with Crippen molar-refractivity contribution in [2.45, 2.75) is 64.8 Å². The molecule has 122 valence electrons. The van der Waals surface area contributed by atoms with Gasteiger partial charge in [0, 0.05) is 23.7 Å². The van der Waals surface area contributed by atoms with Gasteiger partial charge in [0.15, 0.2) is 0 Å². The molecule has 2 aliphatic rings. The Morgan fingerprint density at radius 1 is 1.05 bits per heavy atom. The van der Waals surface area contributed by atoms with Crippen molar-refractivity contribution < 1.29 is 9.59 Å². The third-order valence-corrected chi connectivity index (χ3v) is 4.27. The minimum Gasteiger partial charge on any atom is -0.350 e. The van der Waals surface area contributed by atoms with Gasteiger partial charge in [-0.2, -0.15) is 0 Å². The lowest BCUT2D eigenvalue weighted by atomic mass is 10.0. The van der Waals surface area contributed by atoms with E-state index in [2.05, 4.69) is 24.5 Å². The quantitative estimate of drug-likeness (QED) is 0.760. The lowest BCUT2D eigenvalue weighted by Gasteiger charge is -2.21. The van der Waals surface area contributed by atoms with Crippen LogP contribution in [0.15, 0.2) is 23.3 Å². The summed E-state index contributed by atoms with van der Waals surface area (Å²) in [5, 5.41) is 6.08. The highest BCUT2D eigenvalue weighted by Gasteiger charge is 2.20. The maximum absolute atomic E-state index is 12.2. The molecule has 2 aliphatic carbocycles. The van der Waals surface area contributed by atoms with Crippen LogP contribution < -0.4 is 10.6 Å². The van der Waals surface area contributed by atoms with Gasteiger partial charge >= 0.3 is 0 Å². The molecule has 0 radical (unpaired) electrons. The number of allylic oxidation sites excluding steroid dienone is 2. The first-order valence-electron chi connectivity index (χ1n) is 8.53. The van der Waals surface area contributed by atoms with Gasteiger partial charge in [-0.15, -0.1) is 0 Å². The molecule has 4 nitrogen and oxygen atoms in total. The SMILES string of the molecule is CC(C)C[C@@H](CNC(=O)C1=CCCC1)NC(=O)C1=CCCC1. The number of carbonyl (C=O) groups excluding carboxylic acids is 2. The molecule has 0 spiro atoms. The van der Waals surface area contributed by atoms with Crippen LogP contribution in [0.25, 0.3) is 0 Å².